The second-order valence-electron chi connectivity index (χ2n) is 4.50. The van der Waals surface area contributed by atoms with Crippen LogP contribution in [0.5, 0.6) is 0 Å². The van der Waals surface area contributed by atoms with E-state index in [1.54, 1.807) is 32.4 Å². The number of esters is 1. The Kier molecular flexibility index (Phi) is 3.71. The minimum atomic E-state index is -0.579. The van der Waals surface area contributed by atoms with Crippen LogP contribution in [0.3, 0.4) is 0 Å². The van der Waals surface area contributed by atoms with Gasteiger partial charge in [-0.3, -0.25) is 9.48 Å². The number of hydrogen-bond donors (Lipinski definition) is 1. The zero-order valence-corrected chi connectivity index (χ0v) is 12.4. The number of carbonyl (C=O) groups excluding carboxylic acids is 2. The Morgan fingerprint density at radius 2 is 2.22 bits per heavy atom. The summed E-state index contributed by atoms with van der Waals surface area (Å²) in [7, 11) is 1.59. The minimum absolute atomic E-state index is 0.0697. The average molecular weight is 315 g/mol. The molecule has 1 N–H and O–H groups in total. The summed E-state index contributed by atoms with van der Waals surface area (Å²) in [5.41, 5.74) is 0.157. The number of nitrogens with zero attached hydrogens (tertiary/aromatic N) is 6. The number of carbonyl (C=O) groups is 2. The van der Waals surface area contributed by atoms with Crippen molar-refractivity contribution in [2.24, 2.45) is 7.05 Å². The third kappa shape index (κ3) is 2.73. The zero-order chi connectivity index (χ0) is 16.4. The van der Waals surface area contributed by atoms with E-state index in [1.807, 2.05) is 0 Å². The lowest BCUT2D eigenvalue weighted by atomic mass is 10.3. The first kappa shape index (κ1) is 14.6. The Labute approximate surface area is 130 Å². The highest BCUT2D eigenvalue weighted by molar-refractivity contribution is 6.05. The molecule has 10 heteroatoms. The number of rotatable bonds is 4. The van der Waals surface area contributed by atoms with Crippen LogP contribution in [-0.2, 0) is 11.8 Å². The lowest BCUT2D eigenvalue weighted by Gasteiger charge is -2.06. The molecule has 0 saturated carbocycles. The van der Waals surface area contributed by atoms with Crippen molar-refractivity contribution in [1.82, 2.24) is 29.4 Å². The van der Waals surface area contributed by atoms with Crippen LogP contribution in [0.25, 0.3) is 5.78 Å². The minimum Gasteiger partial charge on any atom is -0.462 e. The molecule has 0 spiro atoms. The molecule has 118 valence electrons. The summed E-state index contributed by atoms with van der Waals surface area (Å²) in [4.78, 5) is 32.2. The second-order valence-corrected chi connectivity index (χ2v) is 4.50. The Balaban J connectivity index is 1.88. The number of aromatic nitrogens is 6. The van der Waals surface area contributed by atoms with E-state index in [2.05, 4.69) is 25.5 Å². The number of amides is 1. The van der Waals surface area contributed by atoms with Gasteiger partial charge in [-0.25, -0.2) is 14.3 Å². The van der Waals surface area contributed by atoms with Gasteiger partial charge < -0.3 is 10.1 Å². The molecule has 0 unspecified atom stereocenters. The molecule has 0 saturated heterocycles. The van der Waals surface area contributed by atoms with E-state index in [0.29, 0.717) is 5.78 Å². The fourth-order valence-electron chi connectivity index (χ4n) is 1.94. The van der Waals surface area contributed by atoms with E-state index < -0.39 is 11.9 Å². The summed E-state index contributed by atoms with van der Waals surface area (Å²) >= 11 is 0. The number of nitrogens with one attached hydrogen (secondary N) is 1. The van der Waals surface area contributed by atoms with Crippen LogP contribution < -0.4 is 5.32 Å². The summed E-state index contributed by atoms with van der Waals surface area (Å²) < 4.78 is 7.67. The third-order valence-corrected chi connectivity index (χ3v) is 2.99. The van der Waals surface area contributed by atoms with Crippen molar-refractivity contribution in [3.63, 3.8) is 0 Å². The highest BCUT2D eigenvalue weighted by Crippen LogP contribution is 2.16. The maximum absolute atomic E-state index is 12.3. The Morgan fingerprint density at radius 3 is 2.96 bits per heavy atom. The highest BCUT2D eigenvalue weighted by Gasteiger charge is 2.21. The van der Waals surface area contributed by atoms with Crippen molar-refractivity contribution in [1.29, 1.82) is 0 Å². The van der Waals surface area contributed by atoms with Gasteiger partial charge in [0.25, 0.3) is 11.7 Å². The normalized spacial score (nSPS) is 10.7. The fourth-order valence-corrected chi connectivity index (χ4v) is 1.94. The van der Waals surface area contributed by atoms with Crippen LogP contribution in [0, 0.1) is 0 Å². The first-order valence-corrected chi connectivity index (χ1v) is 6.78. The third-order valence-electron chi connectivity index (χ3n) is 2.99. The van der Waals surface area contributed by atoms with Gasteiger partial charge in [0, 0.05) is 19.4 Å². The molecule has 3 rings (SSSR count). The summed E-state index contributed by atoms with van der Waals surface area (Å²) in [5.74, 6) is -0.710. The van der Waals surface area contributed by atoms with Gasteiger partial charge >= 0.3 is 5.97 Å². The van der Waals surface area contributed by atoms with Crippen molar-refractivity contribution in [2.75, 3.05) is 11.9 Å². The number of aryl methyl sites for hydroxylation is 1. The molecule has 0 aromatic carbocycles. The smallest absolute Gasteiger partial charge is 0.343 e. The molecule has 3 aromatic rings. The molecule has 1 amide bonds. The largest absolute Gasteiger partial charge is 0.462 e. The lowest BCUT2D eigenvalue weighted by Crippen LogP contribution is -2.19. The van der Waals surface area contributed by atoms with Crippen LogP contribution in [0.1, 0.15) is 27.9 Å². The summed E-state index contributed by atoms with van der Waals surface area (Å²) in [6, 6.07) is 1.67. The van der Waals surface area contributed by atoms with E-state index in [1.165, 1.54) is 15.4 Å². The van der Waals surface area contributed by atoms with Crippen LogP contribution in [0.2, 0.25) is 0 Å². The molecule has 10 nitrogen and oxygen atoms in total. The lowest BCUT2D eigenvalue weighted by molar-refractivity contribution is 0.0527. The first-order chi connectivity index (χ1) is 11.1. The predicted octanol–water partition coefficient (Wildman–Crippen LogP) is 0.287. The fraction of sp³-hybridized carbons (Fsp3) is 0.231. The van der Waals surface area contributed by atoms with Crippen LogP contribution >= 0.6 is 0 Å². The molecular formula is C13H13N7O3. The van der Waals surface area contributed by atoms with E-state index in [0.717, 1.165) is 0 Å². The van der Waals surface area contributed by atoms with Crippen LogP contribution in [0.4, 0.5) is 5.82 Å². The second kappa shape index (κ2) is 5.83. The van der Waals surface area contributed by atoms with Crippen LogP contribution in [0.15, 0.2) is 24.7 Å². The maximum Gasteiger partial charge on any atom is 0.343 e. The van der Waals surface area contributed by atoms with Crippen molar-refractivity contribution in [2.45, 2.75) is 6.92 Å². The zero-order valence-electron chi connectivity index (χ0n) is 12.4. The monoisotopic (exact) mass is 315 g/mol. The maximum atomic E-state index is 12.3. The van der Waals surface area contributed by atoms with E-state index in [-0.39, 0.29) is 23.8 Å². The molecule has 3 heterocycles. The number of anilines is 1. The molecule has 0 bridgehead atoms. The van der Waals surface area contributed by atoms with Crippen molar-refractivity contribution in [3.8, 4) is 0 Å². The number of hydrogen-bond acceptors (Lipinski definition) is 7. The molecule has 0 fully saturated rings. The average Bonchev–Trinajstić information content (AvgIpc) is 3.12. The molecule has 0 aliphatic carbocycles. The van der Waals surface area contributed by atoms with E-state index >= 15 is 0 Å². The van der Waals surface area contributed by atoms with Gasteiger partial charge in [0.1, 0.15) is 11.4 Å². The summed E-state index contributed by atoms with van der Waals surface area (Å²) in [5, 5.41) is 10.5. The Morgan fingerprint density at radius 1 is 1.39 bits per heavy atom. The molecular weight excluding hydrogens is 302 g/mol. The van der Waals surface area contributed by atoms with Gasteiger partial charge in [-0.05, 0) is 13.0 Å². The topological polar surface area (TPSA) is 116 Å². The van der Waals surface area contributed by atoms with Crippen molar-refractivity contribution in [3.05, 3.63) is 36.0 Å². The van der Waals surface area contributed by atoms with Gasteiger partial charge in [-0.15, -0.1) is 5.10 Å². The molecule has 0 aliphatic rings. The van der Waals surface area contributed by atoms with Gasteiger partial charge in [-0.2, -0.15) is 10.1 Å². The van der Waals surface area contributed by atoms with E-state index in [4.69, 9.17) is 4.74 Å². The Hall–Kier alpha value is -3.30. The number of ether oxygens (including phenoxy) is 1. The molecule has 3 aromatic heterocycles. The summed E-state index contributed by atoms with van der Waals surface area (Å²) in [6.07, 6.45) is 4.50. The first-order valence-electron chi connectivity index (χ1n) is 6.78. The van der Waals surface area contributed by atoms with E-state index in [9.17, 15) is 9.59 Å². The standard InChI is InChI=1S/C13H13N7O3/c1-3-23-12(22)8-7-15-19(2)10(8)17-11(21)9-16-13-14-5-4-6-20(13)18-9/h4-7H,3H2,1-2H3,(H,17,21). The highest BCUT2D eigenvalue weighted by atomic mass is 16.5. The Bertz CT molecular complexity index is 850. The quantitative estimate of drug-likeness (QED) is 0.687. The molecule has 0 atom stereocenters. The SMILES string of the molecule is CCOC(=O)c1cnn(C)c1NC(=O)c1nc2ncccn2n1. The molecule has 23 heavy (non-hydrogen) atoms. The van der Waals surface area contributed by atoms with Gasteiger partial charge in [0.15, 0.2) is 0 Å². The van der Waals surface area contributed by atoms with Crippen molar-refractivity contribution < 1.29 is 14.3 Å². The van der Waals surface area contributed by atoms with Gasteiger partial charge in [-0.1, -0.05) is 0 Å². The van der Waals surface area contributed by atoms with Crippen LogP contribution in [-0.4, -0.2) is 47.8 Å². The number of fused-ring (bicyclic) bond motifs is 1. The van der Waals surface area contributed by atoms with Gasteiger partial charge in [0.05, 0.1) is 12.8 Å². The molecule has 0 aliphatic heterocycles. The van der Waals surface area contributed by atoms with Crippen molar-refractivity contribution >= 4 is 23.5 Å². The molecule has 0 radical (unpaired) electrons. The van der Waals surface area contributed by atoms with Gasteiger partial charge in [0.2, 0.25) is 5.82 Å². The summed E-state index contributed by atoms with van der Waals surface area (Å²) in [6.45, 7) is 1.92. The predicted molar refractivity (Wildman–Crippen MR) is 77.9 cm³/mol.